The molecular formula is C26H24ClN3O2. The minimum Gasteiger partial charge on any atom is -0.352 e. The smallest absolute Gasteiger partial charge is 0.255 e. The first-order valence-electron chi connectivity index (χ1n) is 10.9. The Hall–Kier alpha value is -3.18. The van der Waals surface area contributed by atoms with E-state index in [4.69, 9.17) is 16.6 Å². The third kappa shape index (κ3) is 4.00. The standard InChI is InChI=1S/C26H24ClN3O2/c1-30(15-23(31)28-18-11-12-18)26(32)24-19-7-3-5-9-22(19)29-25-17(10-13-20(24)25)14-16-6-2-4-8-21(16)27/h2-9,14,18H,10-13,15H2,1H3,(H,28,31)/b17-14-. The zero-order valence-corrected chi connectivity index (χ0v) is 18.7. The molecule has 0 aliphatic heterocycles. The van der Waals surface area contributed by atoms with Gasteiger partial charge in [0.05, 0.1) is 23.3 Å². The minimum atomic E-state index is -0.148. The number of fused-ring (bicyclic) bond motifs is 2. The van der Waals surface area contributed by atoms with E-state index in [1.54, 1.807) is 7.05 Å². The van der Waals surface area contributed by atoms with Gasteiger partial charge in [-0.2, -0.15) is 0 Å². The molecule has 0 unspecified atom stereocenters. The number of nitrogens with one attached hydrogen (secondary N) is 1. The molecule has 0 spiro atoms. The van der Waals surface area contributed by atoms with E-state index >= 15 is 0 Å². The number of para-hydroxylation sites is 1. The summed E-state index contributed by atoms with van der Waals surface area (Å²) in [6.45, 7) is 0.0447. The number of rotatable bonds is 5. The van der Waals surface area contributed by atoms with Gasteiger partial charge in [0, 0.05) is 23.5 Å². The van der Waals surface area contributed by atoms with Crippen molar-refractivity contribution < 1.29 is 9.59 Å². The van der Waals surface area contributed by atoms with Crippen LogP contribution in [0.3, 0.4) is 0 Å². The van der Waals surface area contributed by atoms with Gasteiger partial charge in [-0.25, -0.2) is 4.98 Å². The molecule has 0 atom stereocenters. The fraction of sp³-hybridized carbons (Fsp3) is 0.269. The van der Waals surface area contributed by atoms with E-state index in [0.717, 1.165) is 59.0 Å². The van der Waals surface area contributed by atoms with Gasteiger partial charge < -0.3 is 10.2 Å². The fourth-order valence-electron chi connectivity index (χ4n) is 4.28. The van der Waals surface area contributed by atoms with Gasteiger partial charge in [0.1, 0.15) is 0 Å². The first-order valence-corrected chi connectivity index (χ1v) is 11.3. The predicted molar refractivity (Wildman–Crippen MR) is 128 cm³/mol. The average molecular weight is 446 g/mol. The second kappa shape index (κ2) is 8.40. The first kappa shape index (κ1) is 20.7. The molecule has 1 N–H and O–H groups in total. The molecule has 5 rings (SSSR count). The van der Waals surface area contributed by atoms with Gasteiger partial charge >= 0.3 is 0 Å². The summed E-state index contributed by atoms with van der Waals surface area (Å²) in [6.07, 6.45) is 5.62. The molecule has 162 valence electrons. The van der Waals surface area contributed by atoms with Crippen molar-refractivity contribution in [3.05, 3.63) is 75.9 Å². The van der Waals surface area contributed by atoms with Gasteiger partial charge in [-0.3, -0.25) is 9.59 Å². The van der Waals surface area contributed by atoms with Crippen LogP contribution in [0.1, 0.15) is 46.4 Å². The molecule has 0 radical (unpaired) electrons. The number of benzene rings is 2. The quantitative estimate of drug-likeness (QED) is 0.617. The molecule has 1 aromatic heterocycles. The Kier molecular flexibility index (Phi) is 5.43. The van der Waals surface area contributed by atoms with Gasteiger partial charge in [-0.1, -0.05) is 48.0 Å². The van der Waals surface area contributed by atoms with Crippen molar-refractivity contribution in [1.29, 1.82) is 0 Å². The summed E-state index contributed by atoms with van der Waals surface area (Å²) in [5.41, 5.74) is 5.23. The van der Waals surface area contributed by atoms with E-state index in [-0.39, 0.29) is 24.4 Å². The summed E-state index contributed by atoms with van der Waals surface area (Å²) >= 11 is 6.37. The molecule has 6 heteroatoms. The zero-order valence-electron chi connectivity index (χ0n) is 17.9. The van der Waals surface area contributed by atoms with E-state index in [1.807, 2.05) is 48.5 Å². The molecule has 2 aromatic carbocycles. The Morgan fingerprint density at radius 1 is 1.12 bits per heavy atom. The molecule has 5 nitrogen and oxygen atoms in total. The number of likely N-dealkylation sites (N-methyl/N-ethyl adjacent to an activating group) is 1. The molecule has 1 heterocycles. The number of pyridine rings is 1. The molecular weight excluding hydrogens is 422 g/mol. The van der Waals surface area contributed by atoms with E-state index in [9.17, 15) is 9.59 Å². The largest absolute Gasteiger partial charge is 0.352 e. The number of hydrogen-bond donors (Lipinski definition) is 1. The van der Waals surface area contributed by atoms with E-state index < -0.39 is 0 Å². The maximum absolute atomic E-state index is 13.6. The van der Waals surface area contributed by atoms with Gasteiger partial charge in [0.25, 0.3) is 5.91 Å². The van der Waals surface area contributed by atoms with E-state index in [1.165, 1.54) is 4.90 Å². The van der Waals surface area contributed by atoms with Gasteiger partial charge in [-0.05, 0) is 60.6 Å². The normalized spacial score (nSPS) is 16.2. The number of halogens is 1. The number of allylic oxidation sites excluding steroid dienone is 1. The van der Waals surface area contributed by atoms with Crippen molar-refractivity contribution in [3.63, 3.8) is 0 Å². The predicted octanol–water partition coefficient (Wildman–Crippen LogP) is 4.73. The summed E-state index contributed by atoms with van der Waals surface area (Å²) in [5, 5.41) is 4.46. The molecule has 2 amide bonds. The van der Waals surface area contributed by atoms with Crippen molar-refractivity contribution in [2.75, 3.05) is 13.6 Å². The maximum atomic E-state index is 13.6. The number of amides is 2. The number of nitrogens with zero attached hydrogens (tertiary/aromatic N) is 2. The Morgan fingerprint density at radius 2 is 1.88 bits per heavy atom. The number of carbonyl (C=O) groups is 2. The van der Waals surface area contributed by atoms with Crippen LogP contribution in [-0.4, -0.2) is 41.3 Å². The lowest BCUT2D eigenvalue weighted by Gasteiger charge is -2.20. The average Bonchev–Trinajstić information content (AvgIpc) is 3.51. The Bertz CT molecular complexity index is 1260. The third-order valence-electron chi connectivity index (χ3n) is 6.06. The first-order chi connectivity index (χ1) is 15.5. The minimum absolute atomic E-state index is 0.0447. The lowest BCUT2D eigenvalue weighted by molar-refractivity contribution is -0.121. The van der Waals surface area contributed by atoms with Gasteiger partial charge in [0.2, 0.25) is 5.91 Å². The molecule has 2 aliphatic carbocycles. The molecule has 3 aromatic rings. The number of hydrogen-bond acceptors (Lipinski definition) is 3. The van der Waals surface area contributed by atoms with Crippen molar-refractivity contribution in [2.45, 2.75) is 31.7 Å². The zero-order chi connectivity index (χ0) is 22.2. The maximum Gasteiger partial charge on any atom is 0.255 e. The van der Waals surface area contributed by atoms with Crippen molar-refractivity contribution >= 4 is 46.0 Å². The highest BCUT2D eigenvalue weighted by Crippen LogP contribution is 2.38. The third-order valence-corrected chi connectivity index (χ3v) is 6.40. The number of carbonyl (C=O) groups excluding carboxylic acids is 2. The molecule has 32 heavy (non-hydrogen) atoms. The Labute approximate surface area is 192 Å². The van der Waals surface area contributed by atoms with E-state index in [0.29, 0.717) is 10.6 Å². The van der Waals surface area contributed by atoms with E-state index in [2.05, 4.69) is 11.4 Å². The monoisotopic (exact) mass is 445 g/mol. The van der Waals surface area contributed by atoms with Crippen LogP contribution in [0, 0.1) is 0 Å². The van der Waals surface area contributed by atoms with Crippen LogP contribution >= 0.6 is 11.6 Å². The van der Waals surface area contributed by atoms with Crippen LogP contribution in [0.2, 0.25) is 5.02 Å². The second-order valence-electron chi connectivity index (χ2n) is 8.53. The summed E-state index contributed by atoms with van der Waals surface area (Å²) in [6, 6.07) is 15.7. The Morgan fingerprint density at radius 3 is 2.66 bits per heavy atom. The summed E-state index contributed by atoms with van der Waals surface area (Å²) < 4.78 is 0. The SMILES string of the molecule is CN(CC(=O)NC1CC1)C(=O)c1c2c(nc3ccccc13)/C(=C\c1ccccc1Cl)CC2. The highest BCUT2D eigenvalue weighted by molar-refractivity contribution is 6.32. The van der Waals surface area contributed by atoms with Crippen LogP contribution < -0.4 is 5.32 Å². The molecule has 1 saturated carbocycles. The summed E-state index contributed by atoms with van der Waals surface area (Å²) in [4.78, 5) is 32.3. The van der Waals surface area contributed by atoms with Crippen molar-refractivity contribution in [2.24, 2.45) is 0 Å². The van der Waals surface area contributed by atoms with Crippen molar-refractivity contribution in [1.82, 2.24) is 15.2 Å². The van der Waals surface area contributed by atoms with Crippen LogP contribution in [0.4, 0.5) is 0 Å². The van der Waals surface area contributed by atoms with Gasteiger partial charge in [-0.15, -0.1) is 0 Å². The topological polar surface area (TPSA) is 62.3 Å². The fourth-order valence-corrected chi connectivity index (χ4v) is 4.47. The van der Waals surface area contributed by atoms with Crippen LogP contribution in [0.15, 0.2) is 48.5 Å². The number of aromatic nitrogens is 1. The Balaban J connectivity index is 1.55. The lowest BCUT2D eigenvalue weighted by atomic mass is 9.99. The summed E-state index contributed by atoms with van der Waals surface area (Å²) in [5.74, 6) is -0.262. The highest BCUT2D eigenvalue weighted by Gasteiger charge is 2.30. The second-order valence-corrected chi connectivity index (χ2v) is 8.93. The highest BCUT2D eigenvalue weighted by atomic mass is 35.5. The van der Waals surface area contributed by atoms with Crippen LogP contribution in [-0.2, 0) is 11.2 Å². The molecule has 2 aliphatic rings. The lowest BCUT2D eigenvalue weighted by Crippen LogP contribution is -2.39. The van der Waals surface area contributed by atoms with Crippen molar-refractivity contribution in [3.8, 4) is 0 Å². The van der Waals surface area contributed by atoms with Crippen LogP contribution in [0.25, 0.3) is 22.6 Å². The van der Waals surface area contributed by atoms with Crippen LogP contribution in [0.5, 0.6) is 0 Å². The molecule has 0 bridgehead atoms. The molecule has 1 fully saturated rings. The molecule has 0 saturated heterocycles. The van der Waals surface area contributed by atoms with Gasteiger partial charge in [0.15, 0.2) is 0 Å². The summed E-state index contributed by atoms with van der Waals surface area (Å²) in [7, 11) is 1.69.